The Hall–Kier alpha value is -1.36. The zero-order valence-corrected chi connectivity index (χ0v) is 7.25. The molecule has 0 radical (unpaired) electrons. The van der Waals surface area contributed by atoms with E-state index in [4.69, 9.17) is 5.73 Å². The van der Waals surface area contributed by atoms with Crippen molar-refractivity contribution in [3.8, 4) is 0 Å². The number of hydrogen-bond donors (Lipinski definition) is 1. The second-order valence-electron chi connectivity index (χ2n) is 2.60. The molecule has 0 saturated carbocycles. The SMILES string of the molecule is NC/C=C/c1ccncc1C(F)(F)F. The van der Waals surface area contributed by atoms with E-state index in [-0.39, 0.29) is 12.1 Å². The highest BCUT2D eigenvalue weighted by Crippen LogP contribution is 2.31. The number of hydrogen-bond acceptors (Lipinski definition) is 2. The lowest BCUT2D eigenvalue weighted by atomic mass is 10.1. The summed E-state index contributed by atoms with van der Waals surface area (Å²) in [7, 11) is 0. The molecule has 76 valence electrons. The Balaban J connectivity index is 3.10. The summed E-state index contributed by atoms with van der Waals surface area (Å²) >= 11 is 0. The highest BCUT2D eigenvalue weighted by Gasteiger charge is 2.32. The largest absolute Gasteiger partial charge is 0.418 e. The van der Waals surface area contributed by atoms with Crippen LogP contribution in [0.1, 0.15) is 11.1 Å². The predicted octanol–water partition coefficient (Wildman–Crippen LogP) is 2.07. The van der Waals surface area contributed by atoms with Gasteiger partial charge in [-0.15, -0.1) is 0 Å². The van der Waals surface area contributed by atoms with Crippen LogP contribution in [0.15, 0.2) is 24.5 Å². The Labute approximate surface area is 79.3 Å². The van der Waals surface area contributed by atoms with Gasteiger partial charge in [0.1, 0.15) is 0 Å². The van der Waals surface area contributed by atoms with Crippen molar-refractivity contribution >= 4 is 6.08 Å². The van der Waals surface area contributed by atoms with Gasteiger partial charge in [-0.2, -0.15) is 13.2 Å². The van der Waals surface area contributed by atoms with Gasteiger partial charge in [0, 0.05) is 18.9 Å². The first-order valence-corrected chi connectivity index (χ1v) is 3.93. The van der Waals surface area contributed by atoms with Crippen LogP contribution in [0.2, 0.25) is 0 Å². The topological polar surface area (TPSA) is 38.9 Å². The third-order valence-electron chi connectivity index (χ3n) is 1.59. The highest BCUT2D eigenvalue weighted by molar-refractivity contribution is 5.53. The zero-order valence-electron chi connectivity index (χ0n) is 7.25. The molecule has 0 unspecified atom stereocenters. The van der Waals surface area contributed by atoms with Crippen LogP contribution in [0.4, 0.5) is 13.2 Å². The fraction of sp³-hybridized carbons (Fsp3) is 0.222. The smallest absolute Gasteiger partial charge is 0.327 e. The van der Waals surface area contributed by atoms with E-state index in [1.54, 1.807) is 0 Å². The van der Waals surface area contributed by atoms with Gasteiger partial charge in [-0.1, -0.05) is 12.2 Å². The van der Waals surface area contributed by atoms with Gasteiger partial charge in [0.05, 0.1) is 5.56 Å². The van der Waals surface area contributed by atoms with Crippen molar-refractivity contribution in [3.05, 3.63) is 35.7 Å². The lowest BCUT2D eigenvalue weighted by Crippen LogP contribution is -2.07. The Morgan fingerprint density at radius 1 is 1.43 bits per heavy atom. The molecule has 0 spiro atoms. The van der Waals surface area contributed by atoms with Gasteiger partial charge in [-0.3, -0.25) is 4.98 Å². The zero-order chi connectivity index (χ0) is 10.6. The molecule has 5 heteroatoms. The van der Waals surface area contributed by atoms with E-state index in [2.05, 4.69) is 4.98 Å². The van der Waals surface area contributed by atoms with Crippen molar-refractivity contribution in [2.75, 3.05) is 6.54 Å². The summed E-state index contributed by atoms with van der Waals surface area (Å²) in [5.41, 5.74) is 4.49. The average Bonchev–Trinajstić information content (AvgIpc) is 2.14. The molecular weight excluding hydrogens is 193 g/mol. The second kappa shape index (κ2) is 4.23. The number of aromatic nitrogens is 1. The maximum atomic E-state index is 12.4. The monoisotopic (exact) mass is 202 g/mol. The van der Waals surface area contributed by atoms with Crippen LogP contribution in [0.25, 0.3) is 6.08 Å². The van der Waals surface area contributed by atoms with Crippen molar-refractivity contribution in [3.63, 3.8) is 0 Å². The van der Waals surface area contributed by atoms with E-state index in [0.717, 1.165) is 6.20 Å². The van der Waals surface area contributed by atoms with Crippen molar-refractivity contribution in [1.29, 1.82) is 0 Å². The highest BCUT2D eigenvalue weighted by atomic mass is 19.4. The third kappa shape index (κ3) is 2.56. The van der Waals surface area contributed by atoms with Crippen molar-refractivity contribution in [2.24, 2.45) is 5.73 Å². The van der Waals surface area contributed by atoms with Crippen molar-refractivity contribution in [2.45, 2.75) is 6.18 Å². The molecule has 0 bridgehead atoms. The van der Waals surface area contributed by atoms with Crippen LogP contribution in [0.3, 0.4) is 0 Å². The molecule has 1 heterocycles. The molecule has 0 saturated heterocycles. The number of nitrogens with two attached hydrogens (primary N) is 1. The number of nitrogens with zero attached hydrogens (tertiary/aromatic N) is 1. The lowest BCUT2D eigenvalue weighted by molar-refractivity contribution is -0.138. The van der Waals surface area contributed by atoms with Gasteiger partial charge < -0.3 is 5.73 Å². The average molecular weight is 202 g/mol. The maximum absolute atomic E-state index is 12.4. The van der Waals surface area contributed by atoms with Gasteiger partial charge >= 0.3 is 6.18 Å². The maximum Gasteiger partial charge on any atom is 0.418 e. The van der Waals surface area contributed by atoms with Gasteiger partial charge in [0.2, 0.25) is 0 Å². The van der Waals surface area contributed by atoms with E-state index >= 15 is 0 Å². The molecule has 14 heavy (non-hydrogen) atoms. The summed E-state index contributed by atoms with van der Waals surface area (Å²) < 4.78 is 37.1. The summed E-state index contributed by atoms with van der Waals surface area (Å²) in [6, 6.07) is 1.30. The first-order valence-electron chi connectivity index (χ1n) is 3.93. The normalized spacial score (nSPS) is 12.3. The second-order valence-corrected chi connectivity index (χ2v) is 2.60. The molecule has 2 N–H and O–H groups in total. The minimum atomic E-state index is -4.37. The van der Waals surface area contributed by atoms with E-state index in [1.165, 1.54) is 24.4 Å². The predicted molar refractivity (Wildman–Crippen MR) is 47.3 cm³/mol. The molecule has 0 aromatic carbocycles. The Morgan fingerprint density at radius 2 is 2.14 bits per heavy atom. The summed E-state index contributed by atoms with van der Waals surface area (Å²) in [5.74, 6) is 0. The van der Waals surface area contributed by atoms with Crippen molar-refractivity contribution < 1.29 is 13.2 Å². The van der Waals surface area contributed by atoms with E-state index < -0.39 is 11.7 Å². The van der Waals surface area contributed by atoms with E-state index in [9.17, 15) is 13.2 Å². The Bertz CT molecular complexity index is 331. The standard InChI is InChI=1S/C9H9F3N2/c10-9(11,12)8-6-14-5-3-7(8)2-1-4-13/h1-3,5-6H,4,13H2/b2-1+. The molecule has 0 atom stereocenters. The van der Waals surface area contributed by atoms with Gasteiger partial charge in [0.25, 0.3) is 0 Å². The summed E-state index contributed by atoms with van der Waals surface area (Å²) in [4.78, 5) is 3.43. The minimum Gasteiger partial charge on any atom is -0.327 e. The van der Waals surface area contributed by atoms with Crippen molar-refractivity contribution in [1.82, 2.24) is 4.98 Å². The van der Waals surface area contributed by atoms with E-state index in [1.807, 2.05) is 0 Å². The fourth-order valence-corrected chi connectivity index (χ4v) is 0.982. The number of alkyl halides is 3. The molecule has 2 nitrogen and oxygen atoms in total. The molecule has 0 aliphatic heterocycles. The number of pyridine rings is 1. The molecule has 1 aromatic rings. The molecule has 0 aliphatic carbocycles. The summed E-state index contributed by atoms with van der Waals surface area (Å²) in [6.45, 7) is 0.208. The molecule has 1 rings (SSSR count). The van der Waals surface area contributed by atoms with Crippen LogP contribution in [-0.2, 0) is 6.18 Å². The van der Waals surface area contributed by atoms with Gasteiger partial charge in [-0.05, 0) is 11.6 Å². The quantitative estimate of drug-likeness (QED) is 0.797. The van der Waals surface area contributed by atoms with Crippen LogP contribution in [0, 0.1) is 0 Å². The van der Waals surface area contributed by atoms with Crippen LogP contribution < -0.4 is 5.73 Å². The molecule has 0 fully saturated rings. The summed E-state index contributed by atoms with van der Waals surface area (Å²) in [6.07, 6.45) is 0.541. The molecule has 0 amide bonds. The molecule has 0 aliphatic rings. The number of halogens is 3. The van der Waals surface area contributed by atoms with Crippen LogP contribution in [0.5, 0.6) is 0 Å². The van der Waals surface area contributed by atoms with E-state index in [0.29, 0.717) is 0 Å². The first-order chi connectivity index (χ1) is 6.55. The third-order valence-corrected chi connectivity index (χ3v) is 1.59. The fourth-order valence-electron chi connectivity index (χ4n) is 0.982. The van der Waals surface area contributed by atoms with Crippen LogP contribution in [-0.4, -0.2) is 11.5 Å². The first kappa shape index (κ1) is 10.7. The Morgan fingerprint density at radius 3 is 2.71 bits per heavy atom. The Kier molecular flexibility index (Phi) is 3.24. The van der Waals surface area contributed by atoms with Gasteiger partial charge in [-0.25, -0.2) is 0 Å². The summed E-state index contributed by atoms with van der Waals surface area (Å²) in [5, 5.41) is 0. The molecule has 1 aromatic heterocycles. The lowest BCUT2D eigenvalue weighted by Gasteiger charge is -2.08. The number of rotatable bonds is 2. The molecular formula is C9H9F3N2. The van der Waals surface area contributed by atoms with Gasteiger partial charge in [0.15, 0.2) is 0 Å². The van der Waals surface area contributed by atoms with Crippen LogP contribution >= 0.6 is 0 Å². The minimum absolute atomic E-state index is 0.0814.